The Kier molecular flexibility index (Phi) is 3.31. The van der Waals surface area contributed by atoms with Gasteiger partial charge in [-0.3, -0.25) is 0 Å². The zero-order valence-electron chi connectivity index (χ0n) is 11.1. The molecule has 108 valence electrons. The maximum Gasteiger partial charge on any atom is 0.451 e. The Labute approximate surface area is 113 Å². The van der Waals surface area contributed by atoms with Gasteiger partial charge < -0.3 is 5.32 Å². The third kappa shape index (κ3) is 2.97. The molecule has 2 rings (SSSR count). The summed E-state index contributed by atoms with van der Waals surface area (Å²) in [6, 6.07) is 3.95. The number of nitrogens with one attached hydrogen (secondary N) is 1. The number of para-hydroxylation sites is 1. The van der Waals surface area contributed by atoms with Crippen LogP contribution in [-0.4, -0.2) is 15.5 Å². The molecule has 0 bridgehead atoms. The fourth-order valence-electron chi connectivity index (χ4n) is 1.69. The largest absolute Gasteiger partial charge is 0.451 e. The molecule has 0 aliphatic heterocycles. The first-order valence-corrected chi connectivity index (χ1v) is 5.89. The van der Waals surface area contributed by atoms with Crippen molar-refractivity contribution < 1.29 is 17.6 Å². The van der Waals surface area contributed by atoms with E-state index < -0.39 is 23.4 Å². The van der Waals surface area contributed by atoms with E-state index in [0.29, 0.717) is 0 Å². The van der Waals surface area contributed by atoms with Gasteiger partial charge in [0.1, 0.15) is 17.2 Å². The highest BCUT2D eigenvalue weighted by atomic mass is 19.4. The molecule has 1 N–H and O–H groups in total. The topological polar surface area (TPSA) is 37.8 Å². The molecule has 3 nitrogen and oxygen atoms in total. The van der Waals surface area contributed by atoms with Gasteiger partial charge >= 0.3 is 6.18 Å². The van der Waals surface area contributed by atoms with Crippen molar-refractivity contribution in [1.82, 2.24) is 9.97 Å². The summed E-state index contributed by atoms with van der Waals surface area (Å²) < 4.78 is 52.0. The van der Waals surface area contributed by atoms with E-state index in [2.05, 4.69) is 15.3 Å². The smallest absolute Gasteiger partial charge is 0.365 e. The molecule has 0 amide bonds. The first-order valence-electron chi connectivity index (χ1n) is 5.89. The third-order valence-corrected chi connectivity index (χ3v) is 2.42. The minimum Gasteiger partial charge on any atom is -0.365 e. The monoisotopic (exact) mass is 287 g/mol. The van der Waals surface area contributed by atoms with Gasteiger partial charge in [0.05, 0.1) is 0 Å². The fourth-order valence-corrected chi connectivity index (χ4v) is 1.69. The van der Waals surface area contributed by atoms with E-state index in [9.17, 15) is 17.6 Å². The zero-order valence-corrected chi connectivity index (χ0v) is 11.1. The van der Waals surface area contributed by atoms with Crippen LogP contribution in [0.2, 0.25) is 0 Å². The minimum atomic E-state index is -4.73. The van der Waals surface area contributed by atoms with Gasteiger partial charge in [-0.05, 0) is 32.9 Å². The molecule has 1 heterocycles. The number of aromatic nitrogens is 2. The summed E-state index contributed by atoms with van der Waals surface area (Å²) in [4.78, 5) is 6.77. The Bertz CT molecular complexity index is 644. The Morgan fingerprint density at radius 1 is 1.05 bits per heavy atom. The lowest BCUT2D eigenvalue weighted by Gasteiger charge is -2.23. The van der Waals surface area contributed by atoms with Crippen molar-refractivity contribution in [2.45, 2.75) is 32.5 Å². The van der Waals surface area contributed by atoms with Gasteiger partial charge in [-0.15, -0.1) is 0 Å². The standard InChI is InChI=1S/C13H13F4N3/c1-12(2,3)20-10-7-5-4-6-8(14)9(7)18-11(19-10)13(15,16)17/h4-6H,1-3H3,(H,18,19,20). The zero-order chi connectivity index (χ0) is 15.1. The second-order valence-corrected chi connectivity index (χ2v) is 5.40. The van der Waals surface area contributed by atoms with Crippen molar-refractivity contribution in [1.29, 1.82) is 0 Å². The van der Waals surface area contributed by atoms with Crippen molar-refractivity contribution in [3.8, 4) is 0 Å². The van der Waals surface area contributed by atoms with E-state index >= 15 is 0 Å². The van der Waals surface area contributed by atoms with Gasteiger partial charge in [0, 0.05) is 10.9 Å². The summed E-state index contributed by atoms with van der Waals surface area (Å²) in [5.74, 6) is -2.21. The Morgan fingerprint density at radius 3 is 2.25 bits per heavy atom. The molecule has 7 heteroatoms. The summed E-state index contributed by atoms with van der Waals surface area (Å²) in [5.41, 5.74) is -0.863. The quantitative estimate of drug-likeness (QED) is 0.806. The van der Waals surface area contributed by atoms with Crippen LogP contribution in [0.1, 0.15) is 26.6 Å². The van der Waals surface area contributed by atoms with Crippen LogP contribution in [0, 0.1) is 5.82 Å². The molecule has 0 aliphatic rings. The first kappa shape index (κ1) is 14.5. The van der Waals surface area contributed by atoms with Crippen LogP contribution in [0.3, 0.4) is 0 Å². The molecule has 0 saturated carbocycles. The van der Waals surface area contributed by atoms with Crippen LogP contribution in [0.5, 0.6) is 0 Å². The van der Waals surface area contributed by atoms with Crippen molar-refractivity contribution in [3.63, 3.8) is 0 Å². The maximum absolute atomic E-state index is 13.7. The number of fused-ring (bicyclic) bond motifs is 1. The molecule has 0 atom stereocenters. The lowest BCUT2D eigenvalue weighted by Crippen LogP contribution is -2.27. The highest BCUT2D eigenvalue weighted by Gasteiger charge is 2.36. The van der Waals surface area contributed by atoms with E-state index in [1.807, 2.05) is 0 Å². The Balaban J connectivity index is 2.73. The average Bonchev–Trinajstić information content (AvgIpc) is 2.26. The molecular weight excluding hydrogens is 274 g/mol. The number of anilines is 1. The van der Waals surface area contributed by atoms with Crippen molar-refractivity contribution >= 4 is 16.7 Å². The summed E-state index contributed by atoms with van der Waals surface area (Å²) in [5, 5.41) is 3.06. The summed E-state index contributed by atoms with van der Waals surface area (Å²) >= 11 is 0. The average molecular weight is 287 g/mol. The Morgan fingerprint density at radius 2 is 1.70 bits per heavy atom. The normalized spacial score (nSPS) is 12.8. The van der Waals surface area contributed by atoms with Gasteiger partial charge in [0.15, 0.2) is 0 Å². The molecule has 1 aromatic carbocycles. The maximum atomic E-state index is 13.7. The minimum absolute atomic E-state index is 0.0330. The molecule has 0 aliphatic carbocycles. The van der Waals surface area contributed by atoms with E-state index in [-0.39, 0.29) is 16.7 Å². The summed E-state index contributed by atoms with van der Waals surface area (Å²) in [6.07, 6.45) is -4.73. The summed E-state index contributed by atoms with van der Waals surface area (Å²) in [7, 11) is 0. The number of halogens is 4. The second kappa shape index (κ2) is 4.57. The van der Waals surface area contributed by atoms with Gasteiger partial charge in [-0.1, -0.05) is 6.07 Å². The molecule has 1 aromatic heterocycles. The number of rotatable bonds is 1. The van der Waals surface area contributed by atoms with Crippen molar-refractivity contribution in [2.24, 2.45) is 0 Å². The Hall–Kier alpha value is -1.92. The number of nitrogens with zero attached hydrogens (tertiary/aromatic N) is 2. The molecule has 2 aromatic rings. The van der Waals surface area contributed by atoms with Crippen LogP contribution in [0.25, 0.3) is 10.9 Å². The SMILES string of the molecule is CC(C)(C)Nc1nc(C(F)(F)F)nc2c(F)cccc12. The van der Waals surface area contributed by atoms with Gasteiger partial charge in [0.2, 0.25) is 5.82 Å². The first-order chi connectivity index (χ1) is 9.08. The van der Waals surface area contributed by atoms with Crippen LogP contribution in [0.4, 0.5) is 23.4 Å². The molecule has 0 unspecified atom stereocenters. The molecule has 20 heavy (non-hydrogen) atoms. The van der Waals surface area contributed by atoms with E-state index in [1.165, 1.54) is 12.1 Å². The molecule has 0 fully saturated rings. The van der Waals surface area contributed by atoms with Crippen molar-refractivity contribution in [3.05, 3.63) is 29.8 Å². The van der Waals surface area contributed by atoms with E-state index in [1.54, 1.807) is 20.8 Å². The van der Waals surface area contributed by atoms with Crippen LogP contribution < -0.4 is 5.32 Å². The van der Waals surface area contributed by atoms with Gasteiger partial charge in [0.25, 0.3) is 0 Å². The lowest BCUT2D eigenvalue weighted by atomic mass is 10.1. The molecular formula is C13H13F4N3. The highest BCUT2D eigenvalue weighted by Crippen LogP contribution is 2.31. The summed E-state index contributed by atoms with van der Waals surface area (Å²) in [6.45, 7) is 5.31. The van der Waals surface area contributed by atoms with Crippen LogP contribution >= 0.6 is 0 Å². The fraction of sp³-hybridized carbons (Fsp3) is 0.385. The van der Waals surface area contributed by atoms with Crippen LogP contribution in [-0.2, 0) is 6.18 Å². The molecule has 0 radical (unpaired) electrons. The number of hydrogen-bond donors (Lipinski definition) is 1. The second-order valence-electron chi connectivity index (χ2n) is 5.40. The van der Waals surface area contributed by atoms with Crippen molar-refractivity contribution in [2.75, 3.05) is 5.32 Å². The molecule has 0 spiro atoms. The van der Waals surface area contributed by atoms with Gasteiger partial charge in [-0.25, -0.2) is 14.4 Å². The van der Waals surface area contributed by atoms with Crippen LogP contribution in [0.15, 0.2) is 18.2 Å². The number of benzene rings is 1. The van der Waals surface area contributed by atoms with E-state index in [4.69, 9.17) is 0 Å². The van der Waals surface area contributed by atoms with Gasteiger partial charge in [-0.2, -0.15) is 13.2 Å². The lowest BCUT2D eigenvalue weighted by molar-refractivity contribution is -0.144. The highest BCUT2D eigenvalue weighted by molar-refractivity contribution is 5.89. The van der Waals surface area contributed by atoms with E-state index in [0.717, 1.165) is 6.07 Å². The third-order valence-electron chi connectivity index (χ3n) is 2.42. The number of hydrogen-bond acceptors (Lipinski definition) is 3. The molecule has 0 saturated heterocycles. The number of alkyl halides is 3. The predicted octanol–water partition coefficient (Wildman–Crippen LogP) is 4.00. The predicted molar refractivity (Wildman–Crippen MR) is 67.9 cm³/mol.